The zero-order valence-electron chi connectivity index (χ0n) is 13.1. The number of carbonyl (C=O) groups is 1. The maximum atomic E-state index is 11.8. The summed E-state index contributed by atoms with van der Waals surface area (Å²) in [6.45, 7) is 8.05. The number of aromatic nitrogens is 1. The highest BCUT2D eigenvalue weighted by Gasteiger charge is 2.09. The van der Waals surface area contributed by atoms with Crippen LogP contribution in [0.4, 0.5) is 0 Å². The molecular formula is C17H24N2O2. The summed E-state index contributed by atoms with van der Waals surface area (Å²) in [6.07, 6.45) is 3.00. The van der Waals surface area contributed by atoms with Gasteiger partial charge in [-0.2, -0.15) is 0 Å². The first-order chi connectivity index (χ1) is 10.1. The predicted octanol–water partition coefficient (Wildman–Crippen LogP) is 3.09. The topological polar surface area (TPSA) is 43.3 Å². The number of benzene rings is 1. The lowest BCUT2D eigenvalue weighted by atomic mass is 10.1. The fraction of sp³-hybridized carbons (Fsp3) is 0.471. The molecule has 0 radical (unpaired) electrons. The molecule has 0 bridgehead atoms. The number of carbonyl (C=O) groups excluding carboxylic acids is 1. The van der Waals surface area contributed by atoms with Gasteiger partial charge < -0.3 is 14.6 Å². The van der Waals surface area contributed by atoms with Gasteiger partial charge in [-0.25, -0.2) is 0 Å². The Morgan fingerprint density at radius 3 is 2.86 bits per heavy atom. The second-order valence-electron chi connectivity index (χ2n) is 5.55. The first-order valence-electron chi connectivity index (χ1n) is 7.58. The number of fused-ring (bicyclic) bond motifs is 1. The first-order valence-corrected chi connectivity index (χ1v) is 7.58. The summed E-state index contributed by atoms with van der Waals surface area (Å²) in [7, 11) is 0. The van der Waals surface area contributed by atoms with E-state index in [1.54, 1.807) is 0 Å². The van der Waals surface area contributed by atoms with E-state index >= 15 is 0 Å². The van der Waals surface area contributed by atoms with Crippen molar-refractivity contribution in [1.29, 1.82) is 0 Å². The largest absolute Gasteiger partial charge is 0.462 e. The lowest BCUT2D eigenvalue weighted by Crippen LogP contribution is -2.17. The summed E-state index contributed by atoms with van der Waals surface area (Å²) in [5, 5.41) is 4.55. The molecule has 114 valence electrons. The number of nitrogens with one attached hydrogen (secondary N) is 1. The van der Waals surface area contributed by atoms with E-state index in [-0.39, 0.29) is 18.6 Å². The van der Waals surface area contributed by atoms with Gasteiger partial charge in [-0.3, -0.25) is 4.79 Å². The van der Waals surface area contributed by atoms with E-state index in [0.717, 1.165) is 30.4 Å². The third-order valence-corrected chi connectivity index (χ3v) is 3.26. The number of esters is 1. The van der Waals surface area contributed by atoms with Gasteiger partial charge in [0.2, 0.25) is 0 Å². The molecule has 1 N–H and O–H groups in total. The molecule has 0 aliphatic rings. The lowest BCUT2D eigenvalue weighted by Gasteiger charge is -2.09. The van der Waals surface area contributed by atoms with Crippen molar-refractivity contribution < 1.29 is 9.53 Å². The highest BCUT2D eigenvalue weighted by Crippen LogP contribution is 2.18. The van der Waals surface area contributed by atoms with E-state index in [0.29, 0.717) is 0 Å². The molecule has 1 aromatic carbocycles. The van der Waals surface area contributed by atoms with Crippen molar-refractivity contribution in [3.8, 4) is 0 Å². The second kappa shape index (κ2) is 7.27. The van der Waals surface area contributed by atoms with Crippen LogP contribution in [0, 0.1) is 0 Å². The SMILES string of the molecule is CCCNCc1ccc2c(ccn2CC(=O)OC(C)C)c1. The summed E-state index contributed by atoms with van der Waals surface area (Å²) < 4.78 is 7.13. The van der Waals surface area contributed by atoms with E-state index < -0.39 is 0 Å². The summed E-state index contributed by atoms with van der Waals surface area (Å²) in [5.41, 5.74) is 2.33. The van der Waals surface area contributed by atoms with Gasteiger partial charge in [-0.05, 0) is 56.0 Å². The standard InChI is InChI=1S/C17H24N2O2/c1-4-8-18-11-14-5-6-16-15(10-14)7-9-19(16)12-17(20)21-13(2)3/h5-7,9-10,13,18H,4,8,11-12H2,1-3H3. The van der Waals surface area contributed by atoms with Gasteiger partial charge in [0, 0.05) is 18.3 Å². The fourth-order valence-corrected chi connectivity index (χ4v) is 2.35. The van der Waals surface area contributed by atoms with E-state index in [2.05, 4.69) is 30.4 Å². The predicted molar refractivity (Wildman–Crippen MR) is 85.2 cm³/mol. The Hall–Kier alpha value is -1.81. The van der Waals surface area contributed by atoms with Crippen LogP contribution in [-0.2, 0) is 22.6 Å². The molecule has 4 heteroatoms. The average Bonchev–Trinajstić information content (AvgIpc) is 2.81. The van der Waals surface area contributed by atoms with Gasteiger partial charge in [-0.1, -0.05) is 13.0 Å². The van der Waals surface area contributed by atoms with Gasteiger partial charge in [0.1, 0.15) is 6.54 Å². The minimum Gasteiger partial charge on any atom is -0.462 e. The van der Waals surface area contributed by atoms with Crippen molar-refractivity contribution in [2.24, 2.45) is 0 Å². The lowest BCUT2D eigenvalue weighted by molar-refractivity contribution is -0.148. The third kappa shape index (κ3) is 4.33. The van der Waals surface area contributed by atoms with E-state index in [9.17, 15) is 4.79 Å². The number of ether oxygens (including phenoxy) is 1. The quantitative estimate of drug-likeness (QED) is 0.629. The number of rotatable bonds is 7. The van der Waals surface area contributed by atoms with Crippen LogP contribution in [-0.4, -0.2) is 23.2 Å². The van der Waals surface area contributed by atoms with E-state index in [1.165, 1.54) is 5.56 Å². The molecule has 1 heterocycles. The Morgan fingerprint density at radius 2 is 2.14 bits per heavy atom. The van der Waals surface area contributed by atoms with Gasteiger partial charge in [0.25, 0.3) is 0 Å². The van der Waals surface area contributed by atoms with Crippen molar-refractivity contribution in [2.75, 3.05) is 6.54 Å². The Kier molecular flexibility index (Phi) is 5.39. The van der Waals surface area contributed by atoms with Crippen LogP contribution in [0.25, 0.3) is 10.9 Å². The normalized spacial score (nSPS) is 11.2. The maximum Gasteiger partial charge on any atom is 0.326 e. The fourth-order valence-electron chi connectivity index (χ4n) is 2.35. The molecule has 0 amide bonds. The Bertz CT molecular complexity index is 602. The van der Waals surface area contributed by atoms with Gasteiger partial charge in [0.05, 0.1) is 6.10 Å². The van der Waals surface area contributed by atoms with Crippen molar-refractivity contribution in [3.63, 3.8) is 0 Å². The minimum absolute atomic E-state index is 0.0735. The van der Waals surface area contributed by atoms with Crippen LogP contribution in [0.2, 0.25) is 0 Å². The number of nitrogens with zero attached hydrogens (tertiary/aromatic N) is 1. The first kappa shape index (κ1) is 15.6. The smallest absolute Gasteiger partial charge is 0.326 e. The van der Waals surface area contributed by atoms with Crippen LogP contribution in [0.5, 0.6) is 0 Å². The molecule has 0 fully saturated rings. The van der Waals surface area contributed by atoms with Gasteiger partial charge in [0.15, 0.2) is 0 Å². The van der Waals surface area contributed by atoms with Gasteiger partial charge in [-0.15, -0.1) is 0 Å². The Morgan fingerprint density at radius 1 is 1.33 bits per heavy atom. The molecule has 0 aliphatic heterocycles. The molecule has 0 spiro atoms. The zero-order chi connectivity index (χ0) is 15.2. The molecule has 2 rings (SSSR count). The summed E-state index contributed by atoms with van der Waals surface area (Å²) in [4.78, 5) is 11.8. The molecular weight excluding hydrogens is 264 g/mol. The minimum atomic E-state index is -0.198. The van der Waals surface area contributed by atoms with Crippen LogP contribution in [0.15, 0.2) is 30.5 Å². The van der Waals surface area contributed by atoms with E-state index in [1.807, 2.05) is 30.7 Å². The molecule has 0 aliphatic carbocycles. The highest BCUT2D eigenvalue weighted by molar-refractivity contribution is 5.82. The van der Waals surface area contributed by atoms with Crippen LogP contribution >= 0.6 is 0 Å². The molecule has 4 nitrogen and oxygen atoms in total. The second-order valence-corrected chi connectivity index (χ2v) is 5.55. The molecule has 0 saturated heterocycles. The van der Waals surface area contributed by atoms with Crippen molar-refractivity contribution >= 4 is 16.9 Å². The van der Waals surface area contributed by atoms with Crippen LogP contribution in [0.1, 0.15) is 32.8 Å². The summed E-state index contributed by atoms with van der Waals surface area (Å²) >= 11 is 0. The van der Waals surface area contributed by atoms with Crippen molar-refractivity contribution in [1.82, 2.24) is 9.88 Å². The summed E-state index contributed by atoms with van der Waals surface area (Å²) in [6, 6.07) is 8.39. The third-order valence-electron chi connectivity index (χ3n) is 3.26. The van der Waals surface area contributed by atoms with E-state index in [4.69, 9.17) is 4.74 Å². The molecule has 2 aromatic rings. The Balaban J connectivity index is 2.08. The number of hydrogen-bond donors (Lipinski definition) is 1. The molecule has 21 heavy (non-hydrogen) atoms. The summed E-state index contributed by atoms with van der Waals surface area (Å²) in [5.74, 6) is -0.198. The van der Waals surface area contributed by atoms with Crippen molar-refractivity contribution in [3.05, 3.63) is 36.0 Å². The number of hydrogen-bond acceptors (Lipinski definition) is 3. The van der Waals surface area contributed by atoms with Crippen molar-refractivity contribution in [2.45, 2.75) is 46.4 Å². The monoisotopic (exact) mass is 288 g/mol. The zero-order valence-corrected chi connectivity index (χ0v) is 13.1. The van der Waals surface area contributed by atoms with Crippen LogP contribution < -0.4 is 5.32 Å². The molecule has 0 saturated carbocycles. The molecule has 0 atom stereocenters. The molecule has 1 aromatic heterocycles. The Labute approximate surface area is 126 Å². The average molecular weight is 288 g/mol. The molecule has 0 unspecified atom stereocenters. The highest BCUT2D eigenvalue weighted by atomic mass is 16.5. The van der Waals surface area contributed by atoms with Crippen LogP contribution in [0.3, 0.4) is 0 Å². The maximum absolute atomic E-state index is 11.8. The van der Waals surface area contributed by atoms with Gasteiger partial charge >= 0.3 is 5.97 Å².